The molecule has 90 valence electrons. The molecule has 1 heteroatoms. The highest BCUT2D eigenvalue weighted by Crippen LogP contribution is 2.47. The summed E-state index contributed by atoms with van der Waals surface area (Å²) < 4.78 is 0. The molecule has 0 heterocycles. The van der Waals surface area contributed by atoms with Crippen LogP contribution in [0.1, 0.15) is 13.8 Å². The largest absolute Gasteiger partial charge is 0.119 e. The number of rotatable bonds is 3. The molecule has 0 saturated heterocycles. The Morgan fingerprint density at radius 1 is 0.833 bits per heavy atom. The monoisotopic (exact) mass is 252 g/mol. The molecule has 0 unspecified atom stereocenters. The van der Waals surface area contributed by atoms with E-state index in [9.17, 15) is 0 Å². The molecule has 0 fully saturated rings. The van der Waals surface area contributed by atoms with Gasteiger partial charge in [0.05, 0.1) is 5.16 Å². The van der Waals surface area contributed by atoms with E-state index in [1.165, 1.54) is 10.6 Å². The van der Waals surface area contributed by atoms with Gasteiger partial charge in [0, 0.05) is 0 Å². The third kappa shape index (κ3) is 2.63. The van der Waals surface area contributed by atoms with Gasteiger partial charge in [-0.1, -0.05) is 66.6 Å². The molecule has 2 aromatic rings. The molecule has 0 amide bonds. The maximum Gasteiger partial charge on any atom is 0.0534 e. The minimum absolute atomic E-state index is 0.141. The molecule has 0 saturated carbocycles. The third-order valence-electron chi connectivity index (χ3n) is 2.94. The Kier molecular flexibility index (Phi) is 3.85. The van der Waals surface area contributed by atoms with Crippen LogP contribution < -0.4 is 10.6 Å². The Bertz CT molecular complexity index is 495. The molecule has 0 aliphatic rings. The number of hydrogen-bond donors (Lipinski definition) is 0. The highest BCUT2D eigenvalue weighted by molar-refractivity contribution is 7.74. The van der Waals surface area contributed by atoms with Crippen molar-refractivity contribution in [3.63, 3.8) is 0 Å². The van der Waals surface area contributed by atoms with Crippen molar-refractivity contribution in [2.24, 2.45) is 0 Å². The molecule has 2 aromatic carbocycles. The van der Waals surface area contributed by atoms with Crippen LogP contribution in [-0.2, 0) is 0 Å². The summed E-state index contributed by atoms with van der Waals surface area (Å²) in [7, 11) is -0.530. The molecule has 0 atom stereocenters. The van der Waals surface area contributed by atoms with Gasteiger partial charge in [-0.05, 0) is 32.4 Å². The molecular formula is C17H17P. The summed E-state index contributed by atoms with van der Waals surface area (Å²) in [5.74, 6) is 2.97. The van der Waals surface area contributed by atoms with Crippen LogP contribution in [0.5, 0.6) is 0 Å². The first-order chi connectivity index (χ1) is 8.65. The SMILES string of the molecule is C#CC(C)(C)P(c1ccccc1)c1ccccc1. The average molecular weight is 252 g/mol. The fraction of sp³-hybridized carbons (Fsp3) is 0.176. The molecule has 0 nitrogen and oxygen atoms in total. The van der Waals surface area contributed by atoms with Gasteiger partial charge >= 0.3 is 0 Å². The van der Waals surface area contributed by atoms with Crippen LogP contribution in [-0.4, -0.2) is 5.16 Å². The fourth-order valence-electron chi connectivity index (χ4n) is 2.01. The minimum atomic E-state index is -0.530. The predicted molar refractivity (Wildman–Crippen MR) is 82.0 cm³/mol. The molecule has 0 radical (unpaired) electrons. The third-order valence-corrected chi connectivity index (χ3v) is 5.82. The maximum atomic E-state index is 5.75. The van der Waals surface area contributed by atoms with Gasteiger partial charge in [-0.3, -0.25) is 0 Å². The van der Waals surface area contributed by atoms with E-state index in [0.717, 1.165) is 0 Å². The summed E-state index contributed by atoms with van der Waals surface area (Å²) in [5.41, 5.74) is 0. The molecule has 2 rings (SSSR count). The van der Waals surface area contributed by atoms with Crippen LogP contribution in [0.25, 0.3) is 0 Å². The Hall–Kier alpha value is -1.57. The van der Waals surface area contributed by atoms with E-state index in [0.29, 0.717) is 0 Å². The lowest BCUT2D eigenvalue weighted by Gasteiger charge is -2.31. The molecule has 0 N–H and O–H groups in total. The van der Waals surface area contributed by atoms with Crippen LogP contribution in [0, 0.1) is 12.3 Å². The molecule has 0 aliphatic heterocycles. The minimum Gasteiger partial charge on any atom is -0.119 e. The van der Waals surface area contributed by atoms with Gasteiger partial charge < -0.3 is 0 Å². The van der Waals surface area contributed by atoms with Crippen LogP contribution in [0.3, 0.4) is 0 Å². The fourth-order valence-corrected chi connectivity index (χ4v) is 4.67. The summed E-state index contributed by atoms with van der Waals surface area (Å²) in [4.78, 5) is 0. The van der Waals surface area contributed by atoms with E-state index < -0.39 is 7.92 Å². The molecular weight excluding hydrogens is 235 g/mol. The lowest BCUT2D eigenvalue weighted by molar-refractivity contribution is 0.924. The second kappa shape index (κ2) is 5.38. The second-order valence-electron chi connectivity index (χ2n) is 4.71. The van der Waals surface area contributed by atoms with Crippen LogP contribution >= 0.6 is 7.92 Å². The number of terminal acetylenes is 1. The average Bonchev–Trinajstić information content (AvgIpc) is 2.41. The lowest BCUT2D eigenvalue weighted by Crippen LogP contribution is -2.27. The number of benzene rings is 2. The first-order valence-electron chi connectivity index (χ1n) is 6.03. The van der Waals surface area contributed by atoms with Crippen LogP contribution in [0.15, 0.2) is 60.7 Å². The lowest BCUT2D eigenvalue weighted by atomic mass is 10.2. The van der Waals surface area contributed by atoms with Crippen molar-refractivity contribution in [1.29, 1.82) is 0 Å². The molecule has 18 heavy (non-hydrogen) atoms. The van der Waals surface area contributed by atoms with Crippen LogP contribution in [0.4, 0.5) is 0 Å². The summed E-state index contributed by atoms with van der Waals surface area (Å²) in [5, 5.41) is 2.53. The smallest absolute Gasteiger partial charge is 0.0534 e. The zero-order valence-corrected chi connectivity index (χ0v) is 11.7. The zero-order chi connectivity index (χ0) is 13.0. The van der Waals surface area contributed by atoms with Crippen molar-refractivity contribution >= 4 is 18.5 Å². The maximum absolute atomic E-state index is 5.75. The van der Waals surface area contributed by atoms with Crippen molar-refractivity contribution in [3.05, 3.63) is 60.7 Å². The summed E-state index contributed by atoms with van der Waals surface area (Å²) in [6, 6.07) is 21.1. The predicted octanol–water partition coefficient (Wildman–Crippen LogP) is 3.53. The van der Waals surface area contributed by atoms with Crippen molar-refractivity contribution in [2.75, 3.05) is 0 Å². The van der Waals surface area contributed by atoms with E-state index in [2.05, 4.69) is 68.3 Å². The zero-order valence-electron chi connectivity index (χ0n) is 10.8. The van der Waals surface area contributed by atoms with E-state index in [-0.39, 0.29) is 5.16 Å². The summed E-state index contributed by atoms with van der Waals surface area (Å²) in [6.45, 7) is 4.30. The second-order valence-corrected chi connectivity index (χ2v) is 7.53. The van der Waals surface area contributed by atoms with Crippen molar-refractivity contribution < 1.29 is 0 Å². The van der Waals surface area contributed by atoms with E-state index in [1.807, 2.05) is 12.1 Å². The van der Waals surface area contributed by atoms with Crippen LogP contribution in [0.2, 0.25) is 0 Å². The summed E-state index contributed by atoms with van der Waals surface area (Å²) >= 11 is 0. The van der Waals surface area contributed by atoms with E-state index in [4.69, 9.17) is 6.42 Å². The quantitative estimate of drug-likeness (QED) is 0.579. The Morgan fingerprint density at radius 2 is 1.22 bits per heavy atom. The highest BCUT2D eigenvalue weighted by Gasteiger charge is 2.29. The van der Waals surface area contributed by atoms with Gasteiger partial charge in [0.25, 0.3) is 0 Å². The first-order valence-corrected chi connectivity index (χ1v) is 7.37. The van der Waals surface area contributed by atoms with E-state index >= 15 is 0 Å². The van der Waals surface area contributed by atoms with Crippen molar-refractivity contribution in [2.45, 2.75) is 19.0 Å². The first kappa shape index (κ1) is 12.9. The molecule has 0 aromatic heterocycles. The van der Waals surface area contributed by atoms with Gasteiger partial charge in [0.1, 0.15) is 0 Å². The van der Waals surface area contributed by atoms with Gasteiger partial charge in [0.2, 0.25) is 0 Å². The standard InChI is InChI=1S/C17H17P/c1-4-17(2,3)18(15-11-7-5-8-12-15)16-13-9-6-10-14-16/h1,5-14H,2-3H3. The highest BCUT2D eigenvalue weighted by atomic mass is 31.1. The van der Waals surface area contributed by atoms with Gasteiger partial charge in [0.15, 0.2) is 0 Å². The summed E-state index contributed by atoms with van der Waals surface area (Å²) in [6.07, 6.45) is 5.75. The van der Waals surface area contributed by atoms with E-state index in [1.54, 1.807) is 0 Å². The topological polar surface area (TPSA) is 0 Å². The van der Waals surface area contributed by atoms with Crippen molar-refractivity contribution in [1.82, 2.24) is 0 Å². The Labute approximate surface area is 111 Å². The molecule has 0 spiro atoms. The Morgan fingerprint density at radius 3 is 1.56 bits per heavy atom. The number of hydrogen-bond acceptors (Lipinski definition) is 0. The van der Waals surface area contributed by atoms with Gasteiger partial charge in [-0.25, -0.2) is 0 Å². The molecule has 0 aliphatic carbocycles. The normalized spacial score (nSPS) is 11.2. The van der Waals surface area contributed by atoms with Gasteiger partial charge in [-0.2, -0.15) is 0 Å². The molecule has 0 bridgehead atoms. The van der Waals surface area contributed by atoms with Gasteiger partial charge in [-0.15, -0.1) is 6.42 Å². The van der Waals surface area contributed by atoms with Crippen molar-refractivity contribution in [3.8, 4) is 12.3 Å². The Balaban J connectivity index is 2.53.